The quantitative estimate of drug-likeness (QED) is 0.909. The van der Waals surface area contributed by atoms with Crippen LogP contribution in [0.2, 0.25) is 0 Å². The summed E-state index contributed by atoms with van der Waals surface area (Å²) in [7, 11) is 1.40. The van der Waals surface area contributed by atoms with Crippen molar-refractivity contribution in [1.82, 2.24) is 10.2 Å². The van der Waals surface area contributed by atoms with Gasteiger partial charge in [0.15, 0.2) is 11.6 Å². The molecule has 1 saturated heterocycles. The zero-order valence-corrected chi connectivity index (χ0v) is 13.6. The lowest BCUT2D eigenvalue weighted by Crippen LogP contribution is -2.43. The molecule has 1 aliphatic heterocycles. The van der Waals surface area contributed by atoms with Gasteiger partial charge in [0.25, 0.3) is 5.91 Å². The number of hydrogen-bond acceptors (Lipinski definition) is 3. The van der Waals surface area contributed by atoms with Crippen LogP contribution in [0.4, 0.5) is 4.39 Å². The van der Waals surface area contributed by atoms with Crippen molar-refractivity contribution in [3.63, 3.8) is 0 Å². The number of nitrogens with zero attached hydrogens (tertiary/aromatic N) is 1. The van der Waals surface area contributed by atoms with E-state index in [1.807, 2.05) is 0 Å². The maximum absolute atomic E-state index is 13.6. The average Bonchev–Trinajstić information content (AvgIpc) is 2.52. The number of carbonyl (C=O) groups is 1. The summed E-state index contributed by atoms with van der Waals surface area (Å²) in [4.78, 5) is 14.6. The summed E-state index contributed by atoms with van der Waals surface area (Å²) in [5.74, 6) is -0.137. The fourth-order valence-electron chi connectivity index (χ4n) is 2.88. The molecule has 4 nitrogen and oxygen atoms in total. The number of carbonyl (C=O) groups excluding carboxylic acids is 1. The highest BCUT2D eigenvalue weighted by atomic mass is 19.1. The maximum atomic E-state index is 13.6. The Morgan fingerprint density at radius 1 is 1.50 bits per heavy atom. The third kappa shape index (κ3) is 4.19. The van der Waals surface area contributed by atoms with Crippen LogP contribution >= 0.6 is 0 Å². The van der Waals surface area contributed by atoms with Crippen molar-refractivity contribution >= 4 is 5.91 Å². The molecule has 0 saturated carbocycles. The number of benzene rings is 1. The lowest BCUT2D eigenvalue weighted by atomic mass is 9.97. The van der Waals surface area contributed by atoms with Gasteiger partial charge in [-0.2, -0.15) is 0 Å². The van der Waals surface area contributed by atoms with Crippen molar-refractivity contribution in [3.05, 3.63) is 29.6 Å². The van der Waals surface area contributed by atoms with Crippen molar-refractivity contribution in [2.45, 2.75) is 32.7 Å². The normalized spacial score (nSPS) is 19.2. The average molecular weight is 308 g/mol. The van der Waals surface area contributed by atoms with Crippen LogP contribution in [0.25, 0.3) is 0 Å². The Morgan fingerprint density at radius 2 is 2.27 bits per heavy atom. The molecule has 2 rings (SSSR count). The fraction of sp³-hybridized carbons (Fsp3) is 0.588. The standard InChI is InChI=1S/C17H25FN2O2/c1-12(2)20-8-4-5-13(11-20)10-19-17(21)14-6-7-16(22-3)15(18)9-14/h6-7,9,12-13H,4-5,8,10-11H2,1-3H3,(H,19,21). The maximum Gasteiger partial charge on any atom is 0.251 e. The summed E-state index contributed by atoms with van der Waals surface area (Å²) >= 11 is 0. The largest absolute Gasteiger partial charge is 0.494 e. The van der Waals surface area contributed by atoms with Gasteiger partial charge in [-0.1, -0.05) is 0 Å². The Bertz CT molecular complexity index is 519. The van der Waals surface area contributed by atoms with Crippen LogP contribution in [-0.4, -0.2) is 43.6 Å². The van der Waals surface area contributed by atoms with E-state index >= 15 is 0 Å². The minimum absolute atomic E-state index is 0.149. The summed E-state index contributed by atoms with van der Waals surface area (Å²) in [5, 5.41) is 2.92. The molecule has 0 bridgehead atoms. The first kappa shape index (κ1) is 16.7. The zero-order valence-electron chi connectivity index (χ0n) is 13.6. The van der Waals surface area contributed by atoms with Gasteiger partial charge in [0.05, 0.1) is 7.11 Å². The van der Waals surface area contributed by atoms with Gasteiger partial charge in [-0.25, -0.2) is 4.39 Å². The molecule has 1 aromatic carbocycles. The molecule has 5 heteroatoms. The molecule has 1 unspecified atom stereocenters. The van der Waals surface area contributed by atoms with E-state index in [4.69, 9.17) is 4.74 Å². The summed E-state index contributed by atoms with van der Waals surface area (Å²) in [6, 6.07) is 4.81. The minimum atomic E-state index is -0.515. The third-order valence-electron chi connectivity index (χ3n) is 4.25. The molecule has 122 valence electrons. The number of amides is 1. The van der Waals surface area contributed by atoms with Crippen LogP contribution in [0, 0.1) is 11.7 Å². The van der Waals surface area contributed by atoms with E-state index < -0.39 is 5.82 Å². The number of hydrogen-bond donors (Lipinski definition) is 1. The molecule has 1 aliphatic rings. The van der Waals surface area contributed by atoms with Crippen LogP contribution in [0.15, 0.2) is 18.2 Å². The van der Waals surface area contributed by atoms with E-state index in [0.29, 0.717) is 24.1 Å². The summed E-state index contributed by atoms with van der Waals surface area (Å²) in [6.07, 6.45) is 2.29. The molecule has 0 spiro atoms. The molecule has 1 aromatic rings. The number of nitrogens with one attached hydrogen (secondary N) is 1. The smallest absolute Gasteiger partial charge is 0.251 e. The molecular weight excluding hydrogens is 283 g/mol. The highest BCUT2D eigenvalue weighted by Crippen LogP contribution is 2.19. The summed E-state index contributed by atoms with van der Waals surface area (Å²) in [5.41, 5.74) is 0.329. The van der Waals surface area contributed by atoms with Gasteiger partial charge in [-0.3, -0.25) is 4.79 Å². The van der Waals surface area contributed by atoms with Crippen molar-refractivity contribution < 1.29 is 13.9 Å². The number of halogens is 1. The molecule has 0 aromatic heterocycles. The van der Waals surface area contributed by atoms with Crippen molar-refractivity contribution in [2.24, 2.45) is 5.92 Å². The predicted molar refractivity (Wildman–Crippen MR) is 84.7 cm³/mol. The second-order valence-corrected chi connectivity index (χ2v) is 6.16. The zero-order chi connectivity index (χ0) is 16.1. The van der Waals surface area contributed by atoms with Crippen molar-refractivity contribution in [1.29, 1.82) is 0 Å². The Hall–Kier alpha value is -1.62. The molecule has 1 fully saturated rings. The van der Waals surface area contributed by atoms with Crippen LogP contribution in [0.1, 0.15) is 37.0 Å². The monoisotopic (exact) mass is 308 g/mol. The number of likely N-dealkylation sites (tertiary alicyclic amines) is 1. The highest BCUT2D eigenvalue weighted by Gasteiger charge is 2.22. The third-order valence-corrected chi connectivity index (χ3v) is 4.25. The van der Waals surface area contributed by atoms with E-state index in [9.17, 15) is 9.18 Å². The van der Waals surface area contributed by atoms with Crippen LogP contribution in [0.5, 0.6) is 5.75 Å². The van der Waals surface area contributed by atoms with Crippen molar-refractivity contribution in [3.8, 4) is 5.75 Å². The Labute approximate surface area is 131 Å². The van der Waals surface area contributed by atoms with Gasteiger partial charge in [-0.15, -0.1) is 0 Å². The van der Waals surface area contributed by atoms with E-state index in [2.05, 4.69) is 24.1 Å². The Kier molecular flexibility index (Phi) is 5.77. The molecule has 22 heavy (non-hydrogen) atoms. The minimum Gasteiger partial charge on any atom is -0.494 e. The topological polar surface area (TPSA) is 41.6 Å². The van der Waals surface area contributed by atoms with Gasteiger partial charge in [0.1, 0.15) is 0 Å². The molecule has 1 amide bonds. The second-order valence-electron chi connectivity index (χ2n) is 6.16. The van der Waals surface area contributed by atoms with Gasteiger partial charge in [0, 0.05) is 24.7 Å². The molecule has 0 aliphatic carbocycles. The van der Waals surface area contributed by atoms with Gasteiger partial charge >= 0.3 is 0 Å². The van der Waals surface area contributed by atoms with Gasteiger partial charge in [0.2, 0.25) is 0 Å². The molecule has 1 atom stereocenters. The molecule has 1 heterocycles. The van der Waals surface area contributed by atoms with Crippen molar-refractivity contribution in [2.75, 3.05) is 26.7 Å². The van der Waals surface area contributed by atoms with E-state index in [1.165, 1.54) is 19.2 Å². The van der Waals surface area contributed by atoms with E-state index in [-0.39, 0.29) is 11.7 Å². The molecule has 1 N–H and O–H groups in total. The Morgan fingerprint density at radius 3 is 2.91 bits per heavy atom. The van der Waals surface area contributed by atoms with Gasteiger partial charge in [-0.05, 0) is 57.4 Å². The summed E-state index contributed by atoms with van der Waals surface area (Å²) in [6.45, 7) is 7.17. The van der Waals surface area contributed by atoms with Crippen LogP contribution in [-0.2, 0) is 0 Å². The number of ether oxygens (including phenoxy) is 1. The Balaban J connectivity index is 1.88. The SMILES string of the molecule is COc1ccc(C(=O)NCC2CCCN(C(C)C)C2)cc1F. The highest BCUT2D eigenvalue weighted by molar-refractivity contribution is 5.94. The molecular formula is C17H25FN2O2. The van der Waals surface area contributed by atoms with Crippen LogP contribution < -0.4 is 10.1 Å². The van der Waals surface area contributed by atoms with E-state index in [0.717, 1.165) is 25.9 Å². The fourth-order valence-corrected chi connectivity index (χ4v) is 2.88. The first-order chi connectivity index (χ1) is 10.5. The first-order valence-corrected chi connectivity index (χ1v) is 7.87. The summed E-state index contributed by atoms with van der Waals surface area (Å²) < 4.78 is 18.5. The number of piperidine rings is 1. The second kappa shape index (κ2) is 7.58. The van der Waals surface area contributed by atoms with Gasteiger partial charge < -0.3 is 15.0 Å². The number of rotatable bonds is 5. The van der Waals surface area contributed by atoms with Crippen LogP contribution in [0.3, 0.4) is 0 Å². The number of methoxy groups -OCH3 is 1. The predicted octanol–water partition coefficient (Wildman–Crippen LogP) is 2.68. The molecule has 0 radical (unpaired) electrons. The lowest BCUT2D eigenvalue weighted by molar-refractivity contribution is 0.0922. The lowest BCUT2D eigenvalue weighted by Gasteiger charge is -2.35. The first-order valence-electron chi connectivity index (χ1n) is 7.87. The van der Waals surface area contributed by atoms with E-state index in [1.54, 1.807) is 6.07 Å².